The van der Waals surface area contributed by atoms with E-state index in [0.29, 0.717) is 6.04 Å². The average molecular weight is 288 g/mol. The zero-order chi connectivity index (χ0) is 14.7. The van der Waals surface area contributed by atoms with Crippen molar-refractivity contribution in [1.82, 2.24) is 10.2 Å². The van der Waals surface area contributed by atoms with Gasteiger partial charge in [0.1, 0.15) is 5.75 Å². The SMILES string of the molecule is CCN(CCNC1CCc2c(cccc2OC)C1)C1CC1. The summed E-state index contributed by atoms with van der Waals surface area (Å²) in [5, 5.41) is 3.76. The second-order valence-corrected chi connectivity index (χ2v) is 6.35. The summed E-state index contributed by atoms with van der Waals surface area (Å²) < 4.78 is 5.48. The lowest BCUT2D eigenvalue weighted by Crippen LogP contribution is -2.40. The maximum absolute atomic E-state index is 5.48. The molecule has 0 bridgehead atoms. The molecule has 0 aromatic heterocycles. The van der Waals surface area contributed by atoms with Crippen LogP contribution in [0.5, 0.6) is 5.75 Å². The highest BCUT2D eigenvalue weighted by Gasteiger charge is 2.27. The molecule has 0 saturated heterocycles. The normalized spacial score (nSPS) is 21.4. The van der Waals surface area contributed by atoms with E-state index in [0.717, 1.165) is 31.2 Å². The van der Waals surface area contributed by atoms with Crippen LogP contribution in [0.4, 0.5) is 0 Å². The third-order valence-electron chi connectivity index (χ3n) is 4.96. The Kier molecular flexibility index (Phi) is 4.81. The van der Waals surface area contributed by atoms with E-state index in [1.807, 2.05) is 0 Å². The van der Waals surface area contributed by atoms with E-state index >= 15 is 0 Å². The Hall–Kier alpha value is -1.06. The largest absolute Gasteiger partial charge is 0.496 e. The summed E-state index contributed by atoms with van der Waals surface area (Å²) in [4.78, 5) is 2.62. The third-order valence-corrected chi connectivity index (χ3v) is 4.96. The molecule has 21 heavy (non-hydrogen) atoms. The molecular weight excluding hydrogens is 260 g/mol. The van der Waals surface area contributed by atoms with Crippen molar-refractivity contribution in [3.05, 3.63) is 29.3 Å². The van der Waals surface area contributed by atoms with Gasteiger partial charge in [0, 0.05) is 25.2 Å². The van der Waals surface area contributed by atoms with Gasteiger partial charge in [0.15, 0.2) is 0 Å². The lowest BCUT2D eigenvalue weighted by molar-refractivity contribution is 0.269. The Morgan fingerprint density at radius 1 is 1.29 bits per heavy atom. The van der Waals surface area contributed by atoms with Crippen LogP contribution in [0, 0.1) is 0 Å². The van der Waals surface area contributed by atoms with Crippen LogP contribution < -0.4 is 10.1 Å². The van der Waals surface area contributed by atoms with Crippen molar-refractivity contribution in [1.29, 1.82) is 0 Å². The van der Waals surface area contributed by atoms with E-state index in [-0.39, 0.29) is 0 Å². The van der Waals surface area contributed by atoms with Crippen molar-refractivity contribution in [2.75, 3.05) is 26.7 Å². The Labute approximate surface area is 128 Å². The smallest absolute Gasteiger partial charge is 0.122 e. The molecular formula is C18H28N2O. The van der Waals surface area contributed by atoms with Gasteiger partial charge in [-0.15, -0.1) is 0 Å². The van der Waals surface area contributed by atoms with Crippen molar-refractivity contribution in [2.45, 2.75) is 51.1 Å². The number of methoxy groups -OCH3 is 1. The van der Waals surface area contributed by atoms with Crippen molar-refractivity contribution in [3.63, 3.8) is 0 Å². The molecule has 1 aromatic carbocycles. The first-order chi connectivity index (χ1) is 10.3. The molecule has 0 radical (unpaired) electrons. The third kappa shape index (κ3) is 3.58. The lowest BCUT2D eigenvalue weighted by Gasteiger charge is -2.28. The standard InChI is InChI=1S/C18H28N2O/c1-3-20(16-8-9-16)12-11-19-15-7-10-17-14(13-15)5-4-6-18(17)21-2/h4-6,15-16,19H,3,7-13H2,1-2H3. The van der Waals surface area contributed by atoms with Crippen molar-refractivity contribution < 1.29 is 4.74 Å². The zero-order valence-electron chi connectivity index (χ0n) is 13.4. The molecule has 2 aliphatic carbocycles. The zero-order valence-corrected chi connectivity index (χ0v) is 13.4. The van der Waals surface area contributed by atoms with Crippen LogP contribution in [0.25, 0.3) is 0 Å². The first-order valence-electron chi connectivity index (χ1n) is 8.44. The Balaban J connectivity index is 1.50. The fourth-order valence-electron chi connectivity index (χ4n) is 3.59. The minimum atomic E-state index is 0.627. The number of likely N-dealkylation sites (N-methyl/N-ethyl adjacent to an activating group) is 1. The maximum atomic E-state index is 5.48. The van der Waals surface area contributed by atoms with E-state index < -0.39 is 0 Å². The first-order valence-corrected chi connectivity index (χ1v) is 8.44. The molecule has 0 amide bonds. The Morgan fingerprint density at radius 2 is 2.14 bits per heavy atom. The van der Waals surface area contributed by atoms with Crippen molar-refractivity contribution >= 4 is 0 Å². The number of ether oxygens (including phenoxy) is 1. The van der Waals surface area contributed by atoms with E-state index in [4.69, 9.17) is 4.74 Å². The van der Waals surface area contributed by atoms with Gasteiger partial charge in [-0.25, -0.2) is 0 Å². The summed E-state index contributed by atoms with van der Waals surface area (Å²) in [6.45, 7) is 5.79. The molecule has 1 fully saturated rings. The molecule has 3 nitrogen and oxygen atoms in total. The second kappa shape index (κ2) is 6.80. The first kappa shape index (κ1) is 14.9. The summed E-state index contributed by atoms with van der Waals surface area (Å²) >= 11 is 0. The molecule has 3 rings (SSSR count). The van der Waals surface area contributed by atoms with Crippen LogP contribution in [0.1, 0.15) is 37.3 Å². The van der Waals surface area contributed by atoms with Gasteiger partial charge in [0.05, 0.1) is 7.11 Å². The van der Waals surface area contributed by atoms with Crippen LogP contribution >= 0.6 is 0 Å². The molecule has 0 aliphatic heterocycles. The number of hydrogen-bond acceptors (Lipinski definition) is 3. The summed E-state index contributed by atoms with van der Waals surface area (Å²) in [5.41, 5.74) is 2.89. The highest BCUT2D eigenvalue weighted by molar-refractivity contribution is 5.42. The van der Waals surface area contributed by atoms with Gasteiger partial charge >= 0.3 is 0 Å². The average Bonchev–Trinajstić information content (AvgIpc) is 3.35. The molecule has 1 saturated carbocycles. The van der Waals surface area contributed by atoms with Gasteiger partial charge < -0.3 is 10.1 Å². The molecule has 116 valence electrons. The number of benzene rings is 1. The molecule has 1 unspecified atom stereocenters. The van der Waals surface area contributed by atoms with Crippen LogP contribution in [-0.4, -0.2) is 43.7 Å². The topological polar surface area (TPSA) is 24.5 Å². The number of fused-ring (bicyclic) bond motifs is 1. The van der Waals surface area contributed by atoms with E-state index in [9.17, 15) is 0 Å². The second-order valence-electron chi connectivity index (χ2n) is 6.35. The van der Waals surface area contributed by atoms with E-state index in [2.05, 4.69) is 35.3 Å². The summed E-state index contributed by atoms with van der Waals surface area (Å²) in [7, 11) is 1.77. The summed E-state index contributed by atoms with van der Waals surface area (Å²) in [6.07, 6.45) is 6.32. The van der Waals surface area contributed by atoms with Gasteiger partial charge in [-0.2, -0.15) is 0 Å². The number of hydrogen-bond donors (Lipinski definition) is 1. The predicted octanol–water partition coefficient (Wildman–Crippen LogP) is 2.63. The maximum Gasteiger partial charge on any atom is 0.122 e. The minimum Gasteiger partial charge on any atom is -0.496 e. The molecule has 0 spiro atoms. The molecule has 1 aromatic rings. The van der Waals surface area contributed by atoms with Gasteiger partial charge in [0.25, 0.3) is 0 Å². The van der Waals surface area contributed by atoms with Crippen LogP contribution in [0.15, 0.2) is 18.2 Å². The predicted molar refractivity (Wildman–Crippen MR) is 87.1 cm³/mol. The fourth-order valence-corrected chi connectivity index (χ4v) is 3.59. The summed E-state index contributed by atoms with van der Waals surface area (Å²) in [5.74, 6) is 1.07. The molecule has 3 heteroatoms. The molecule has 1 N–H and O–H groups in total. The fraction of sp³-hybridized carbons (Fsp3) is 0.667. The lowest BCUT2D eigenvalue weighted by atomic mass is 9.87. The molecule has 1 atom stereocenters. The van der Waals surface area contributed by atoms with Gasteiger partial charge in [-0.1, -0.05) is 19.1 Å². The number of nitrogens with one attached hydrogen (secondary N) is 1. The van der Waals surface area contributed by atoms with Crippen molar-refractivity contribution in [2.24, 2.45) is 0 Å². The monoisotopic (exact) mass is 288 g/mol. The van der Waals surface area contributed by atoms with Crippen molar-refractivity contribution in [3.8, 4) is 5.75 Å². The highest BCUT2D eigenvalue weighted by Crippen LogP contribution is 2.29. The quantitative estimate of drug-likeness (QED) is 0.835. The Morgan fingerprint density at radius 3 is 2.86 bits per heavy atom. The van der Waals surface area contributed by atoms with Crippen LogP contribution in [0.2, 0.25) is 0 Å². The highest BCUT2D eigenvalue weighted by atomic mass is 16.5. The molecule has 2 aliphatic rings. The number of nitrogens with zero attached hydrogens (tertiary/aromatic N) is 1. The van der Waals surface area contributed by atoms with Gasteiger partial charge in [-0.05, 0) is 55.8 Å². The Bertz CT molecular complexity index is 470. The van der Waals surface area contributed by atoms with Crippen LogP contribution in [-0.2, 0) is 12.8 Å². The van der Waals surface area contributed by atoms with E-state index in [1.54, 1.807) is 7.11 Å². The summed E-state index contributed by atoms with van der Waals surface area (Å²) in [6, 6.07) is 7.97. The van der Waals surface area contributed by atoms with Crippen LogP contribution in [0.3, 0.4) is 0 Å². The van der Waals surface area contributed by atoms with Gasteiger partial charge in [0.2, 0.25) is 0 Å². The number of rotatable bonds is 7. The molecule has 0 heterocycles. The minimum absolute atomic E-state index is 0.627. The van der Waals surface area contributed by atoms with E-state index in [1.165, 1.54) is 43.5 Å². The van der Waals surface area contributed by atoms with Gasteiger partial charge in [-0.3, -0.25) is 4.90 Å².